The van der Waals surface area contributed by atoms with Crippen molar-refractivity contribution in [1.29, 1.82) is 0 Å². The molecule has 0 amide bonds. The lowest BCUT2D eigenvalue weighted by Gasteiger charge is -2.22. The molecule has 0 bridgehead atoms. The number of pyridine rings is 2. The molecule has 4 rings (SSSR count). The molecule has 140 valence electrons. The van der Waals surface area contributed by atoms with Crippen molar-refractivity contribution in [3.63, 3.8) is 0 Å². The molecule has 0 aliphatic carbocycles. The van der Waals surface area contributed by atoms with E-state index in [0.717, 1.165) is 26.9 Å². The van der Waals surface area contributed by atoms with Gasteiger partial charge in [0.1, 0.15) is 22.9 Å². The number of thiophene rings is 1. The van der Waals surface area contributed by atoms with E-state index in [4.69, 9.17) is 10.7 Å². The number of hydrogen-bond acceptors (Lipinski definition) is 5. The highest BCUT2D eigenvalue weighted by Gasteiger charge is 2.20. The molecule has 0 aromatic carbocycles. The van der Waals surface area contributed by atoms with Gasteiger partial charge in [0, 0.05) is 17.9 Å². The van der Waals surface area contributed by atoms with Crippen LogP contribution in [0.3, 0.4) is 0 Å². The third kappa shape index (κ3) is 3.71. The Hall–Kier alpha value is -3.30. The van der Waals surface area contributed by atoms with Crippen molar-refractivity contribution >= 4 is 28.5 Å². The van der Waals surface area contributed by atoms with Gasteiger partial charge in [-0.2, -0.15) is 0 Å². The molecule has 6 heteroatoms. The number of anilines is 2. The van der Waals surface area contributed by atoms with Crippen molar-refractivity contribution in [3.05, 3.63) is 65.4 Å². The molecule has 4 heterocycles. The van der Waals surface area contributed by atoms with Crippen LogP contribution in [0.4, 0.5) is 11.5 Å². The second kappa shape index (κ2) is 7.02. The molecule has 0 aliphatic heterocycles. The first kappa shape index (κ1) is 18.1. The van der Waals surface area contributed by atoms with E-state index in [1.165, 1.54) is 0 Å². The topological polar surface area (TPSA) is 68.2 Å². The molecule has 5 nitrogen and oxygen atoms in total. The van der Waals surface area contributed by atoms with Crippen molar-refractivity contribution in [1.82, 2.24) is 14.4 Å². The second-order valence-corrected chi connectivity index (χ2v) is 8.55. The van der Waals surface area contributed by atoms with E-state index in [1.807, 2.05) is 30.5 Å². The Balaban J connectivity index is 1.74. The molecule has 0 atom stereocenters. The van der Waals surface area contributed by atoms with Crippen LogP contribution in [0.2, 0.25) is 0 Å². The van der Waals surface area contributed by atoms with Crippen LogP contribution < -0.4 is 11.1 Å². The zero-order valence-electron chi connectivity index (χ0n) is 16.0. The SMILES string of the molecule is CC(C)(C)Nc1c(-c2ccc(C#Cc3ncccc3N)s2)nc2ccccn12. The van der Waals surface area contributed by atoms with Gasteiger partial charge in [0.05, 0.1) is 15.4 Å². The third-order valence-corrected chi connectivity index (χ3v) is 5.01. The van der Waals surface area contributed by atoms with Gasteiger partial charge in [-0.1, -0.05) is 6.07 Å². The maximum atomic E-state index is 5.92. The van der Waals surface area contributed by atoms with Crippen molar-refractivity contribution in [2.24, 2.45) is 0 Å². The van der Waals surface area contributed by atoms with E-state index >= 15 is 0 Å². The van der Waals surface area contributed by atoms with Crippen molar-refractivity contribution < 1.29 is 0 Å². The zero-order valence-corrected chi connectivity index (χ0v) is 16.8. The third-order valence-electron chi connectivity index (χ3n) is 4.01. The van der Waals surface area contributed by atoms with Gasteiger partial charge in [-0.15, -0.1) is 11.3 Å². The molecule has 0 saturated carbocycles. The molecular formula is C22H21N5S. The van der Waals surface area contributed by atoms with Gasteiger partial charge in [-0.05, 0) is 69.0 Å². The highest BCUT2D eigenvalue weighted by atomic mass is 32.1. The van der Waals surface area contributed by atoms with E-state index in [9.17, 15) is 0 Å². The Morgan fingerprint density at radius 1 is 1.07 bits per heavy atom. The highest BCUT2D eigenvalue weighted by Crippen LogP contribution is 2.35. The number of rotatable bonds is 2. The molecule has 0 fully saturated rings. The van der Waals surface area contributed by atoms with Crippen molar-refractivity contribution in [2.45, 2.75) is 26.3 Å². The van der Waals surface area contributed by atoms with Crippen LogP contribution in [0.15, 0.2) is 54.9 Å². The molecule has 0 aliphatic rings. The number of nitrogen functional groups attached to an aromatic ring is 1. The molecule has 4 aromatic heterocycles. The summed E-state index contributed by atoms with van der Waals surface area (Å²) in [6.07, 6.45) is 3.72. The first-order valence-corrected chi connectivity index (χ1v) is 9.80. The second-order valence-electron chi connectivity index (χ2n) is 7.47. The molecule has 0 unspecified atom stereocenters. The van der Waals surface area contributed by atoms with Gasteiger partial charge >= 0.3 is 0 Å². The summed E-state index contributed by atoms with van der Waals surface area (Å²) in [5.41, 5.74) is 8.85. The van der Waals surface area contributed by atoms with Gasteiger partial charge < -0.3 is 11.1 Å². The molecule has 0 radical (unpaired) electrons. The number of imidazole rings is 1. The van der Waals surface area contributed by atoms with Crippen LogP contribution in [0.5, 0.6) is 0 Å². The van der Waals surface area contributed by atoms with E-state index in [2.05, 4.69) is 53.4 Å². The van der Waals surface area contributed by atoms with Crippen LogP contribution in [-0.2, 0) is 0 Å². The minimum absolute atomic E-state index is 0.0864. The minimum Gasteiger partial charge on any atom is -0.396 e. The van der Waals surface area contributed by atoms with Crippen LogP contribution in [0.1, 0.15) is 31.3 Å². The average molecular weight is 388 g/mol. The average Bonchev–Trinajstić information content (AvgIpc) is 3.25. The Labute approximate surface area is 168 Å². The number of aromatic nitrogens is 3. The molecule has 28 heavy (non-hydrogen) atoms. The van der Waals surface area contributed by atoms with Gasteiger partial charge in [0.15, 0.2) is 0 Å². The number of nitrogens with zero attached hydrogens (tertiary/aromatic N) is 3. The van der Waals surface area contributed by atoms with E-state index < -0.39 is 0 Å². The molecule has 4 aromatic rings. The predicted molar refractivity (Wildman–Crippen MR) is 117 cm³/mol. The Bertz CT molecular complexity index is 1200. The minimum atomic E-state index is -0.0864. The van der Waals surface area contributed by atoms with Crippen LogP contribution in [0.25, 0.3) is 16.2 Å². The summed E-state index contributed by atoms with van der Waals surface area (Å²) in [5.74, 6) is 7.21. The van der Waals surface area contributed by atoms with E-state index in [1.54, 1.807) is 29.7 Å². The fourth-order valence-electron chi connectivity index (χ4n) is 2.82. The van der Waals surface area contributed by atoms with Crippen LogP contribution >= 0.6 is 11.3 Å². The summed E-state index contributed by atoms with van der Waals surface area (Å²) >= 11 is 1.61. The van der Waals surface area contributed by atoms with Crippen LogP contribution in [-0.4, -0.2) is 19.9 Å². The normalized spacial score (nSPS) is 11.2. The summed E-state index contributed by atoms with van der Waals surface area (Å²) < 4.78 is 2.08. The molecule has 0 saturated heterocycles. The first-order valence-electron chi connectivity index (χ1n) is 8.99. The molecule has 0 spiro atoms. The first-order chi connectivity index (χ1) is 13.4. The highest BCUT2D eigenvalue weighted by molar-refractivity contribution is 7.16. The quantitative estimate of drug-likeness (QED) is 0.491. The Morgan fingerprint density at radius 2 is 1.93 bits per heavy atom. The standard InChI is InChI=1S/C22H21N5S/c1-22(2,3)26-21-20(25-19-8-4-5-14-27(19)21)18-12-10-15(28-18)9-11-17-16(23)7-6-13-24-17/h4-8,10,12-14,26H,23H2,1-3H3. The summed E-state index contributed by atoms with van der Waals surface area (Å²) in [7, 11) is 0. The summed E-state index contributed by atoms with van der Waals surface area (Å²) in [4.78, 5) is 11.1. The van der Waals surface area contributed by atoms with Crippen molar-refractivity contribution in [3.8, 4) is 22.4 Å². The fourth-order valence-corrected chi connectivity index (χ4v) is 3.67. The number of nitrogens with two attached hydrogens (primary N) is 1. The number of hydrogen-bond donors (Lipinski definition) is 2. The maximum Gasteiger partial charge on any atom is 0.140 e. The predicted octanol–water partition coefficient (Wildman–Crippen LogP) is 4.65. The summed E-state index contributed by atoms with van der Waals surface area (Å²) in [6.45, 7) is 6.42. The number of fused-ring (bicyclic) bond motifs is 1. The summed E-state index contributed by atoms with van der Waals surface area (Å²) in [6, 6.07) is 13.7. The summed E-state index contributed by atoms with van der Waals surface area (Å²) in [5, 5.41) is 3.59. The monoisotopic (exact) mass is 387 g/mol. The van der Waals surface area contributed by atoms with Gasteiger partial charge in [0.2, 0.25) is 0 Å². The Kier molecular flexibility index (Phi) is 4.54. The number of nitrogens with one attached hydrogen (secondary N) is 1. The van der Waals surface area contributed by atoms with E-state index in [0.29, 0.717) is 11.4 Å². The Morgan fingerprint density at radius 3 is 2.71 bits per heavy atom. The maximum absolute atomic E-state index is 5.92. The molecular weight excluding hydrogens is 366 g/mol. The lowest BCUT2D eigenvalue weighted by molar-refractivity contribution is 0.630. The smallest absolute Gasteiger partial charge is 0.140 e. The van der Waals surface area contributed by atoms with Gasteiger partial charge in [-0.3, -0.25) is 4.40 Å². The van der Waals surface area contributed by atoms with Crippen LogP contribution in [0, 0.1) is 11.8 Å². The lowest BCUT2D eigenvalue weighted by atomic mass is 10.1. The zero-order chi connectivity index (χ0) is 19.7. The van der Waals surface area contributed by atoms with Crippen molar-refractivity contribution in [2.75, 3.05) is 11.1 Å². The lowest BCUT2D eigenvalue weighted by Crippen LogP contribution is -2.27. The van der Waals surface area contributed by atoms with Gasteiger partial charge in [0.25, 0.3) is 0 Å². The van der Waals surface area contributed by atoms with E-state index in [-0.39, 0.29) is 5.54 Å². The molecule has 3 N–H and O–H groups in total. The largest absolute Gasteiger partial charge is 0.396 e. The fraction of sp³-hybridized carbons (Fsp3) is 0.182. The van der Waals surface area contributed by atoms with Gasteiger partial charge in [-0.25, -0.2) is 9.97 Å².